The van der Waals surface area contributed by atoms with Crippen molar-refractivity contribution >= 4 is 22.5 Å². The Morgan fingerprint density at radius 1 is 1.00 bits per heavy atom. The van der Waals surface area contributed by atoms with E-state index in [9.17, 15) is 4.79 Å². The monoisotopic (exact) mass is 431 g/mol. The first-order valence-corrected chi connectivity index (χ1v) is 10.5. The Kier molecular flexibility index (Phi) is 5.04. The van der Waals surface area contributed by atoms with Crippen molar-refractivity contribution in [1.29, 1.82) is 0 Å². The quantitative estimate of drug-likeness (QED) is 0.378. The number of rotatable bonds is 6. The van der Waals surface area contributed by atoms with Crippen molar-refractivity contribution in [2.24, 2.45) is 7.05 Å². The zero-order valence-electron chi connectivity index (χ0n) is 16.5. The van der Waals surface area contributed by atoms with Gasteiger partial charge in [0.15, 0.2) is 5.69 Å². The molecule has 0 N–H and O–H groups in total. The molecule has 3 heterocycles. The molecule has 0 saturated heterocycles. The van der Waals surface area contributed by atoms with Crippen molar-refractivity contribution in [2.75, 3.05) is 0 Å². The SMILES string of the molecule is Cn1ncnc1CSc1nnc(-c2nn(Cc3ccccc3)c(=O)c3ccccc23)o1. The third-order valence-corrected chi connectivity index (χ3v) is 5.60. The van der Waals surface area contributed by atoms with Crippen molar-refractivity contribution in [2.45, 2.75) is 17.5 Å². The normalized spacial score (nSPS) is 11.3. The summed E-state index contributed by atoms with van der Waals surface area (Å²) in [7, 11) is 1.83. The molecule has 0 aliphatic carbocycles. The smallest absolute Gasteiger partial charge is 0.277 e. The molecule has 0 unspecified atom stereocenters. The molecule has 10 heteroatoms. The zero-order chi connectivity index (χ0) is 21.2. The predicted octanol–water partition coefficient (Wildman–Crippen LogP) is 2.92. The Morgan fingerprint density at radius 2 is 1.77 bits per heavy atom. The molecule has 0 atom stereocenters. The first-order chi connectivity index (χ1) is 15.2. The fourth-order valence-corrected chi connectivity index (χ4v) is 3.95. The first-order valence-electron chi connectivity index (χ1n) is 9.52. The highest BCUT2D eigenvalue weighted by atomic mass is 32.2. The highest BCUT2D eigenvalue weighted by molar-refractivity contribution is 7.98. The molecule has 0 fully saturated rings. The van der Waals surface area contributed by atoms with Gasteiger partial charge in [-0.3, -0.25) is 9.48 Å². The fraction of sp³-hybridized carbons (Fsp3) is 0.143. The molecule has 0 bridgehead atoms. The topological polar surface area (TPSA) is 105 Å². The summed E-state index contributed by atoms with van der Waals surface area (Å²) >= 11 is 1.36. The minimum atomic E-state index is -0.167. The van der Waals surface area contributed by atoms with Gasteiger partial charge in [-0.1, -0.05) is 60.3 Å². The number of aromatic nitrogens is 7. The van der Waals surface area contributed by atoms with Crippen LogP contribution in [0.5, 0.6) is 0 Å². The van der Waals surface area contributed by atoms with Crippen LogP contribution in [-0.4, -0.2) is 34.7 Å². The predicted molar refractivity (Wildman–Crippen MR) is 115 cm³/mol. The molecule has 0 amide bonds. The van der Waals surface area contributed by atoms with Crippen molar-refractivity contribution in [3.8, 4) is 11.6 Å². The number of hydrogen-bond acceptors (Lipinski definition) is 8. The van der Waals surface area contributed by atoms with Crippen LogP contribution in [0.15, 0.2) is 75.4 Å². The highest BCUT2D eigenvalue weighted by Gasteiger charge is 2.18. The molecule has 5 rings (SSSR count). The minimum Gasteiger partial charge on any atom is -0.409 e. The van der Waals surface area contributed by atoms with E-state index in [1.165, 1.54) is 22.8 Å². The third kappa shape index (κ3) is 3.84. The second kappa shape index (κ2) is 8.15. The van der Waals surface area contributed by atoms with Crippen LogP contribution in [0.3, 0.4) is 0 Å². The maximum absolute atomic E-state index is 13.0. The van der Waals surface area contributed by atoms with Crippen LogP contribution in [0.2, 0.25) is 0 Å². The van der Waals surface area contributed by atoms with Gasteiger partial charge in [0.1, 0.15) is 12.2 Å². The summed E-state index contributed by atoms with van der Waals surface area (Å²) in [4.78, 5) is 17.2. The van der Waals surface area contributed by atoms with Gasteiger partial charge in [0, 0.05) is 12.4 Å². The molecule has 0 radical (unpaired) electrons. The number of benzene rings is 2. The van der Waals surface area contributed by atoms with Gasteiger partial charge in [-0.15, -0.1) is 10.2 Å². The largest absolute Gasteiger partial charge is 0.409 e. The summed E-state index contributed by atoms with van der Waals surface area (Å²) in [5, 5.41) is 18.5. The van der Waals surface area contributed by atoms with Crippen LogP contribution < -0.4 is 5.56 Å². The summed E-state index contributed by atoms with van der Waals surface area (Å²) in [5.41, 5.74) is 1.28. The van der Waals surface area contributed by atoms with E-state index < -0.39 is 0 Å². The van der Waals surface area contributed by atoms with Gasteiger partial charge in [-0.2, -0.15) is 10.2 Å². The molecule has 0 aliphatic heterocycles. The van der Waals surface area contributed by atoms with E-state index in [-0.39, 0.29) is 11.4 Å². The van der Waals surface area contributed by atoms with Gasteiger partial charge in [0.05, 0.1) is 17.7 Å². The van der Waals surface area contributed by atoms with Crippen LogP contribution >= 0.6 is 11.8 Å². The maximum Gasteiger partial charge on any atom is 0.277 e. The second-order valence-corrected chi connectivity index (χ2v) is 7.73. The second-order valence-electron chi connectivity index (χ2n) is 6.80. The van der Waals surface area contributed by atoms with Gasteiger partial charge in [-0.25, -0.2) is 9.67 Å². The van der Waals surface area contributed by atoms with Crippen molar-refractivity contribution < 1.29 is 4.42 Å². The first kappa shape index (κ1) is 19.2. The number of nitrogens with zero attached hydrogens (tertiary/aromatic N) is 7. The molecular weight excluding hydrogens is 414 g/mol. The van der Waals surface area contributed by atoms with E-state index in [4.69, 9.17) is 4.42 Å². The standard InChI is InChI=1S/C21H17N7O2S/c1-27-17(22-13-23-27)12-31-21-25-24-19(30-21)18-15-9-5-6-10-16(15)20(29)28(26-18)11-14-7-3-2-4-8-14/h2-10,13H,11-12H2,1H3. The number of hydrogen-bond donors (Lipinski definition) is 0. The zero-order valence-corrected chi connectivity index (χ0v) is 17.4. The maximum atomic E-state index is 13.0. The van der Waals surface area contributed by atoms with E-state index in [0.29, 0.717) is 34.0 Å². The Morgan fingerprint density at radius 3 is 2.55 bits per heavy atom. The molecule has 3 aromatic heterocycles. The van der Waals surface area contributed by atoms with E-state index in [1.807, 2.05) is 55.6 Å². The Bertz CT molecular complexity index is 1410. The number of aryl methyl sites for hydroxylation is 1. The number of thioether (sulfide) groups is 1. The molecule has 31 heavy (non-hydrogen) atoms. The van der Waals surface area contributed by atoms with Crippen molar-refractivity contribution in [1.82, 2.24) is 34.7 Å². The molecule has 5 aromatic rings. The van der Waals surface area contributed by atoms with E-state index in [0.717, 1.165) is 11.4 Å². The van der Waals surface area contributed by atoms with Crippen LogP contribution in [-0.2, 0) is 19.3 Å². The van der Waals surface area contributed by atoms with E-state index in [2.05, 4.69) is 25.4 Å². The van der Waals surface area contributed by atoms with Gasteiger partial charge in [0.25, 0.3) is 16.7 Å². The lowest BCUT2D eigenvalue weighted by atomic mass is 10.1. The van der Waals surface area contributed by atoms with Crippen molar-refractivity contribution in [3.05, 3.63) is 82.7 Å². The molecular formula is C21H17N7O2S. The molecule has 0 spiro atoms. The summed E-state index contributed by atoms with van der Waals surface area (Å²) in [5.74, 6) is 1.60. The third-order valence-electron chi connectivity index (χ3n) is 4.78. The summed E-state index contributed by atoms with van der Waals surface area (Å²) < 4.78 is 8.99. The van der Waals surface area contributed by atoms with Crippen LogP contribution in [0.4, 0.5) is 0 Å². The summed E-state index contributed by atoms with van der Waals surface area (Å²) in [6.07, 6.45) is 1.50. The summed E-state index contributed by atoms with van der Waals surface area (Å²) in [6.45, 7) is 0.347. The summed E-state index contributed by atoms with van der Waals surface area (Å²) in [6, 6.07) is 17.0. The Labute approximate surface area is 180 Å². The van der Waals surface area contributed by atoms with Gasteiger partial charge in [-0.05, 0) is 11.6 Å². The van der Waals surface area contributed by atoms with Crippen LogP contribution in [0.1, 0.15) is 11.4 Å². The van der Waals surface area contributed by atoms with E-state index >= 15 is 0 Å². The Hall–Kier alpha value is -3.79. The lowest BCUT2D eigenvalue weighted by molar-refractivity contribution is 0.462. The highest BCUT2D eigenvalue weighted by Crippen LogP contribution is 2.27. The average molecular weight is 431 g/mol. The molecule has 0 aliphatic rings. The van der Waals surface area contributed by atoms with Gasteiger partial charge < -0.3 is 4.42 Å². The van der Waals surface area contributed by atoms with Crippen LogP contribution in [0.25, 0.3) is 22.4 Å². The molecule has 2 aromatic carbocycles. The minimum absolute atomic E-state index is 0.167. The number of fused-ring (bicyclic) bond motifs is 1. The average Bonchev–Trinajstić information content (AvgIpc) is 3.44. The van der Waals surface area contributed by atoms with Crippen LogP contribution in [0, 0.1) is 0 Å². The van der Waals surface area contributed by atoms with Gasteiger partial charge in [0.2, 0.25) is 0 Å². The van der Waals surface area contributed by atoms with Crippen molar-refractivity contribution in [3.63, 3.8) is 0 Å². The molecule has 154 valence electrons. The lowest BCUT2D eigenvalue weighted by Crippen LogP contribution is -2.24. The molecule has 9 nitrogen and oxygen atoms in total. The lowest BCUT2D eigenvalue weighted by Gasteiger charge is -2.09. The fourth-order valence-electron chi connectivity index (χ4n) is 3.20. The van der Waals surface area contributed by atoms with Gasteiger partial charge >= 0.3 is 0 Å². The Balaban J connectivity index is 1.52. The molecule has 0 saturated carbocycles. The van der Waals surface area contributed by atoms with E-state index in [1.54, 1.807) is 10.7 Å².